The summed E-state index contributed by atoms with van der Waals surface area (Å²) in [6, 6.07) is 1.56. The first-order valence-corrected chi connectivity index (χ1v) is 4.58. The number of nitrogens with zero attached hydrogens (tertiary/aromatic N) is 3. The Morgan fingerprint density at radius 2 is 2.08 bits per heavy atom. The molecule has 0 N–H and O–H groups in total. The first-order chi connectivity index (χ1) is 5.66. The van der Waals surface area contributed by atoms with Crippen LogP contribution in [0.2, 0.25) is 10.3 Å². The predicted molar refractivity (Wildman–Crippen MR) is 50.7 cm³/mol. The minimum Gasteiger partial charge on any atom is -0.273 e. The van der Waals surface area contributed by atoms with Crippen LogP contribution in [0.3, 0.4) is 0 Å². The topological polar surface area (TPSA) is 30.2 Å². The summed E-state index contributed by atoms with van der Waals surface area (Å²) in [5.74, 6) is 0.486. The van der Waals surface area contributed by atoms with Gasteiger partial charge in [0.15, 0.2) is 0 Å². The minimum absolute atomic E-state index is 0.339. The summed E-state index contributed by atoms with van der Waals surface area (Å²) < 4.78 is 2.32. The van der Waals surface area contributed by atoms with Crippen LogP contribution in [0.4, 0.5) is 0 Å². The zero-order valence-corrected chi connectivity index (χ0v) is 8.73. The van der Waals surface area contributed by atoms with Gasteiger partial charge in [-0.1, -0.05) is 23.2 Å². The molecule has 0 spiro atoms. The van der Waals surface area contributed by atoms with E-state index >= 15 is 0 Å². The lowest BCUT2D eigenvalue weighted by Gasteiger charge is -1.95. The van der Waals surface area contributed by atoms with Gasteiger partial charge in [0.05, 0.1) is 0 Å². The lowest BCUT2D eigenvalue weighted by atomic mass is 10.6. The maximum Gasteiger partial charge on any atom is 0.237 e. The highest BCUT2D eigenvalue weighted by molar-refractivity contribution is 9.10. The van der Waals surface area contributed by atoms with Crippen LogP contribution in [0.25, 0.3) is 5.78 Å². The molecule has 0 aromatic carbocycles. The highest BCUT2D eigenvalue weighted by Crippen LogP contribution is 2.18. The first kappa shape index (κ1) is 8.29. The minimum atomic E-state index is 0.339. The van der Waals surface area contributed by atoms with Crippen molar-refractivity contribution in [1.82, 2.24) is 14.4 Å². The molecule has 2 aromatic rings. The van der Waals surface area contributed by atoms with Crippen molar-refractivity contribution in [2.24, 2.45) is 0 Å². The Morgan fingerprint density at radius 3 is 2.83 bits per heavy atom. The Labute approximate surface area is 86.5 Å². The third kappa shape index (κ3) is 1.30. The Bertz CT molecular complexity index is 440. The lowest BCUT2D eigenvalue weighted by Crippen LogP contribution is -1.88. The SMILES string of the molecule is Clc1cc(Cl)n2cc(Br)nc2n1. The van der Waals surface area contributed by atoms with E-state index in [0.717, 1.165) is 0 Å². The summed E-state index contributed by atoms with van der Waals surface area (Å²) in [5, 5.41) is 0.828. The maximum atomic E-state index is 5.85. The molecule has 12 heavy (non-hydrogen) atoms. The van der Waals surface area contributed by atoms with Gasteiger partial charge >= 0.3 is 0 Å². The van der Waals surface area contributed by atoms with Crippen molar-refractivity contribution in [3.63, 3.8) is 0 Å². The molecule has 3 nitrogen and oxygen atoms in total. The first-order valence-electron chi connectivity index (χ1n) is 3.03. The van der Waals surface area contributed by atoms with E-state index in [1.807, 2.05) is 0 Å². The van der Waals surface area contributed by atoms with E-state index in [1.165, 1.54) is 0 Å². The van der Waals surface area contributed by atoms with Crippen molar-refractivity contribution in [2.45, 2.75) is 0 Å². The standard InChI is InChI=1S/C6H2BrCl2N3/c7-3-2-12-5(9)1-4(8)11-6(12)10-3/h1-2H. The van der Waals surface area contributed by atoms with E-state index < -0.39 is 0 Å². The Hall–Kier alpha value is -0.320. The molecule has 0 amide bonds. The molecule has 0 radical (unpaired) electrons. The molecule has 0 aliphatic rings. The van der Waals surface area contributed by atoms with Crippen LogP contribution in [0.1, 0.15) is 0 Å². The van der Waals surface area contributed by atoms with Gasteiger partial charge in [-0.15, -0.1) is 0 Å². The molecule has 0 saturated heterocycles. The molecule has 2 aromatic heterocycles. The zero-order valence-electron chi connectivity index (χ0n) is 5.63. The number of halogens is 3. The predicted octanol–water partition coefficient (Wildman–Crippen LogP) is 2.80. The molecule has 0 unspecified atom stereocenters. The third-order valence-electron chi connectivity index (χ3n) is 1.33. The number of hydrogen-bond donors (Lipinski definition) is 0. The van der Waals surface area contributed by atoms with Gasteiger partial charge in [-0.2, -0.15) is 0 Å². The molecule has 6 heteroatoms. The summed E-state index contributed by atoms with van der Waals surface area (Å²) in [5.41, 5.74) is 0. The van der Waals surface area contributed by atoms with Gasteiger partial charge in [0.2, 0.25) is 5.78 Å². The van der Waals surface area contributed by atoms with Crippen LogP contribution in [0.5, 0.6) is 0 Å². The molecular weight excluding hydrogens is 265 g/mol. The zero-order chi connectivity index (χ0) is 8.72. The van der Waals surface area contributed by atoms with Crippen molar-refractivity contribution in [3.05, 3.63) is 27.2 Å². The molecule has 0 aliphatic heterocycles. The van der Waals surface area contributed by atoms with Crippen molar-refractivity contribution < 1.29 is 0 Å². The number of rotatable bonds is 0. The van der Waals surface area contributed by atoms with Crippen LogP contribution in [-0.4, -0.2) is 14.4 Å². The second kappa shape index (κ2) is 2.87. The van der Waals surface area contributed by atoms with Crippen molar-refractivity contribution in [1.29, 1.82) is 0 Å². The van der Waals surface area contributed by atoms with Crippen LogP contribution in [-0.2, 0) is 0 Å². The fraction of sp³-hybridized carbons (Fsp3) is 0. The van der Waals surface area contributed by atoms with Crippen molar-refractivity contribution in [3.8, 4) is 0 Å². The molecule has 0 saturated carbocycles. The summed E-state index contributed by atoms with van der Waals surface area (Å²) in [4.78, 5) is 7.99. The largest absolute Gasteiger partial charge is 0.273 e. The molecule has 62 valence electrons. The second-order valence-corrected chi connectivity index (χ2v) is 3.72. The fourth-order valence-electron chi connectivity index (χ4n) is 0.874. The van der Waals surface area contributed by atoms with Crippen LogP contribution in [0.15, 0.2) is 16.9 Å². The van der Waals surface area contributed by atoms with E-state index in [2.05, 4.69) is 25.9 Å². The van der Waals surface area contributed by atoms with Gasteiger partial charge in [0, 0.05) is 12.3 Å². The highest BCUT2D eigenvalue weighted by atomic mass is 79.9. The fourth-order valence-corrected chi connectivity index (χ4v) is 1.70. The van der Waals surface area contributed by atoms with Crippen molar-refractivity contribution in [2.75, 3.05) is 0 Å². The summed E-state index contributed by atoms with van der Waals surface area (Å²) in [6.45, 7) is 0. The van der Waals surface area contributed by atoms with E-state index in [4.69, 9.17) is 23.2 Å². The quantitative estimate of drug-likeness (QED) is 0.687. The monoisotopic (exact) mass is 265 g/mol. The van der Waals surface area contributed by atoms with Gasteiger partial charge in [0.25, 0.3) is 0 Å². The number of imidazole rings is 1. The molecular formula is C6H2BrCl2N3. The highest BCUT2D eigenvalue weighted by Gasteiger charge is 2.04. The van der Waals surface area contributed by atoms with E-state index in [9.17, 15) is 0 Å². The summed E-state index contributed by atoms with van der Waals surface area (Å²) >= 11 is 14.7. The normalized spacial score (nSPS) is 10.9. The lowest BCUT2D eigenvalue weighted by molar-refractivity contribution is 1.11. The van der Waals surface area contributed by atoms with Gasteiger partial charge in [0.1, 0.15) is 14.9 Å². The molecule has 0 aliphatic carbocycles. The van der Waals surface area contributed by atoms with Gasteiger partial charge in [-0.05, 0) is 15.9 Å². The number of aromatic nitrogens is 3. The molecule has 2 heterocycles. The Kier molecular flexibility index (Phi) is 1.98. The number of hydrogen-bond acceptors (Lipinski definition) is 2. The van der Waals surface area contributed by atoms with E-state index in [-0.39, 0.29) is 0 Å². The third-order valence-corrected chi connectivity index (χ3v) is 2.20. The number of fused-ring (bicyclic) bond motifs is 1. The molecule has 0 fully saturated rings. The van der Waals surface area contributed by atoms with Crippen LogP contribution >= 0.6 is 39.1 Å². The van der Waals surface area contributed by atoms with Crippen molar-refractivity contribution >= 4 is 44.9 Å². The van der Waals surface area contributed by atoms with E-state index in [1.54, 1.807) is 16.7 Å². The Morgan fingerprint density at radius 1 is 1.33 bits per heavy atom. The molecule has 2 rings (SSSR count). The second-order valence-electron chi connectivity index (χ2n) is 2.14. The van der Waals surface area contributed by atoms with E-state index in [0.29, 0.717) is 20.7 Å². The molecule has 0 atom stereocenters. The van der Waals surface area contributed by atoms with Gasteiger partial charge in [-0.3, -0.25) is 4.40 Å². The molecule has 0 bridgehead atoms. The average molecular weight is 267 g/mol. The maximum absolute atomic E-state index is 5.85. The smallest absolute Gasteiger partial charge is 0.237 e. The van der Waals surface area contributed by atoms with Gasteiger partial charge in [-0.25, -0.2) is 9.97 Å². The Balaban J connectivity index is 2.88. The summed E-state index contributed by atoms with van der Waals surface area (Å²) in [6.07, 6.45) is 1.72. The summed E-state index contributed by atoms with van der Waals surface area (Å²) in [7, 11) is 0. The average Bonchev–Trinajstić information content (AvgIpc) is 2.29. The van der Waals surface area contributed by atoms with Gasteiger partial charge < -0.3 is 0 Å². The van der Waals surface area contributed by atoms with Crippen LogP contribution in [0, 0.1) is 0 Å². The van der Waals surface area contributed by atoms with Crippen LogP contribution < -0.4 is 0 Å².